The van der Waals surface area contributed by atoms with E-state index in [2.05, 4.69) is 10.3 Å². The first-order chi connectivity index (χ1) is 9.74. The van der Waals surface area contributed by atoms with Crippen molar-refractivity contribution < 1.29 is 9.53 Å². The average molecular weight is 272 g/mol. The molecule has 1 atom stereocenters. The fourth-order valence-electron chi connectivity index (χ4n) is 2.50. The number of pyridine rings is 1. The van der Waals surface area contributed by atoms with Gasteiger partial charge in [0.25, 0.3) is 5.91 Å². The summed E-state index contributed by atoms with van der Waals surface area (Å²) >= 11 is 0. The Balaban J connectivity index is 1.85. The number of fused-ring (bicyclic) bond motifs is 1. The van der Waals surface area contributed by atoms with Crippen LogP contribution in [-0.2, 0) is 4.74 Å². The predicted octanol–water partition coefficient (Wildman–Crippen LogP) is 1.44. The van der Waals surface area contributed by atoms with E-state index in [1.54, 1.807) is 6.07 Å². The molecule has 0 aliphatic carbocycles. The van der Waals surface area contributed by atoms with E-state index in [9.17, 15) is 9.59 Å². The van der Waals surface area contributed by atoms with Crippen LogP contribution in [0, 0.1) is 0 Å². The minimum Gasteiger partial charge on any atom is -0.376 e. The van der Waals surface area contributed by atoms with E-state index >= 15 is 0 Å². The number of hydrogen-bond acceptors (Lipinski definition) is 3. The second-order valence-electron chi connectivity index (χ2n) is 4.94. The smallest absolute Gasteiger partial charge is 0.252 e. The lowest BCUT2D eigenvalue weighted by molar-refractivity contribution is 0.0859. The van der Waals surface area contributed by atoms with Crippen molar-refractivity contribution in [1.29, 1.82) is 0 Å². The lowest BCUT2D eigenvalue weighted by Gasteiger charge is -2.11. The van der Waals surface area contributed by atoms with Gasteiger partial charge in [0.05, 0.1) is 11.7 Å². The first-order valence-corrected chi connectivity index (χ1v) is 6.76. The highest BCUT2D eigenvalue weighted by Gasteiger charge is 2.17. The van der Waals surface area contributed by atoms with E-state index in [4.69, 9.17) is 4.74 Å². The number of carbonyl (C=O) groups excluding carboxylic acids is 1. The Bertz CT molecular complexity index is 687. The normalized spacial score (nSPS) is 18.3. The number of ether oxygens (including phenoxy) is 1. The third-order valence-electron chi connectivity index (χ3n) is 3.51. The van der Waals surface area contributed by atoms with Crippen LogP contribution in [0.2, 0.25) is 0 Å². The molecule has 5 nitrogen and oxygen atoms in total. The second kappa shape index (κ2) is 5.46. The predicted molar refractivity (Wildman–Crippen MR) is 75.9 cm³/mol. The third kappa shape index (κ3) is 2.58. The van der Waals surface area contributed by atoms with Crippen LogP contribution in [0.4, 0.5) is 0 Å². The van der Waals surface area contributed by atoms with Crippen molar-refractivity contribution in [3.8, 4) is 0 Å². The van der Waals surface area contributed by atoms with E-state index in [0.29, 0.717) is 17.6 Å². The van der Waals surface area contributed by atoms with Crippen LogP contribution >= 0.6 is 0 Å². The van der Waals surface area contributed by atoms with Crippen molar-refractivity contribution in [2.24, 2.45) is 0 Å². The van der Waals surface area contributed by atoms with Gasteiger partial charge in [0.15, 0.2) is 0 Å². The average Bonchev–Trinajstić information content (AvgIpc) is 2.97. The SMILES string of the molecule is O=C(NC[C@H]1CCCO1)c1cc(=O)[nH]c2ccccc12. The van der Waals surface area contributed by atoms with Crippen molar-refractivity contribution in [2.45, 2.75) is 18.9 Å². The first-order valence-electron chi connectivity index (χ1n) is 6.76. The maximum absolute atomic E-state index is 12.2. The lowest BCUT2D eigenvalue weighted by atomic mass is 10.1. The third-order valence-corrected chi connectivity index (χ3v) is 3.51. The molecule has 1 amide bonds. The highest BCUT2D eigenvalue weighted by Crippen LogP contribution is 2.15. The fraction of sp³-hybridized carbons (Fsp3) is 0.333. The molecule has 2 heterocycles. The molecule has 0 unspecified atom stereocenters. The molecule has 1 aromatic carbocycles. The molecule has 3 rings (SSSR count). The van der Waals surface area contributed by atoms with Crippen LogP contribution in [0.15, 0.2) is 35.1 Å². The maximum Gasteiger partial charge on any atom is 0.252 e. The number of H-pyrrole nitrogens is 1. The number of aromatic amines is 1. The Labute approximate surface area is 116 Å². The van der Waals surface area contributed by atoms with Gasteiger partial charge in [-0.1, -0.05) is 18.2 Å². The Kier molecular flexibility index (Phi) is 3.52. The maximum atomic E-state index is 12.2. The van der Waals surface area contributed by atoms with Crippen LogP contribution in [0.1, 0.15) is 23.2 Å². The monoisotopic (exact) mass is 272 g/mol. The Morgan fingerprint density at radius 3 is 3.05 bits per heavy atom. The zero-order valence-corrected chi connectivity index (χ0v) is 11.0. The van der Waals surface area contributed by atoms with Gasteiger partial charge >= 0.3 is 0 Å². The van der Waals surface area contributed by atoms with Gasteiger partial charge in [-0.2, -0.15) is 0 Å². The molecule has 1 aliphatic heterocycles. The fourth-order valence-corrected chi connectivity index (χ4v) is 2.50. The van der Waals surface area contributed by atoms with Crippen LogP contribution in [0.5, 0.6) is 0 Å². The van der Waals surface area contributed by atoms with Crippen molar-refractivity contribution in [3.63, 3.8) is 0 Å². The van der Waals surface area contributed by atoms with Gasteiger partial charge in [0, 0.05) is 30.1 Å². The van der Waals surface area contributed by atoms with Crippen molar-refractivity contribution in [3.05, 3.63) is 46.2 Å². The van der Waals surface area contributed by atoms with Gasteiger partial charge in [0.1, 0.15) is 0 Å². The van der Waals surface area contributed by atoms with Crippen molar-refractivity contribution >= 4 is 16.8 Å². The zero-order chi connectivity index (χ0) is 13.9. The molecule has 0 spiro atoms. The number of benzene rings is 1. The Morgan fingerprint density at radius 2 is 2.25 bits per heavy atom. The van der Waals surface area contributed by atoms with Gasteiger partial charge in [-0.25, -0.2) is 0 Å². The Hall–Kier alpha value is -2.14. The molecule has 2 aromatic rings. The van der Waals surface area contributed by atoms with E-state index in [0.717, 1.165) is 24.8 Å². The quantitative estimate of drug-likeness (QED) is 0.888. The van der Waals surface area contributed by atoms with Gasteiger partial charge in [-0.15, -0.1) is 0 Å². The lowest BCUT2D eigenvalue weighted by Crippen LogP contribution is -2.32. The van der Waals surface area contributed by atoms with Crippen LogP contribution < -0.4 is 10.9 Å². The molecule has 1 aliphatic rings. The summed E-state index contributed by atoms with van der Waals surface area (Å²) in [5.41, 5.74) is 0.801. The largest absolute Gasteiger partial charge is 0.376 e. The molecule has 1 fully saturated rings. The number of nitrogens with one attached hydrogen (secondary N) is 2. The van der Waals surface area contributed by atoms with Gasteiger partial charge in [-0.3, -0.25) is 9.59 Å². The molecule has 1 aromatic heterocycles. The summed E-state index contributed by atoms with van der Waals surface area (Å²) in [6.07, 6.45) is 2.09. The molecule has 0 radical (unpaired) electrons. The summed E-state index contributed by atoms with van der Waals surface area (Å²) in [6, 6.07) is 8.62. The second-order valence-corrected chi connectivity index (χ2v) is 4.94. The molecule has 1 saturated heterocycles. The molecular weight excluding hydrogens is 256 g/mol. The summed E-state index contributed by atoms with van der Waals surface area (Å²) < 4.78 is 5.47. The van der Waals surface area contributed by atoms with Crippen LogP contribution in [-0.4, -0.2) is 30.1 Å². The summed E-state index contributed by atoms with van der Waals surface area (Å²) in [4.78, 5) is 26.6. The number of rotatable bonds is 3. The topological polar surface area (TPSA) is 71.2 Å². The molecule has 104 valence electrons. The van der Waals surface area contributed by atoms with E-state index < -0.39 is 0 Å². The minimum absolute atomic E-state index is 0.0900. The van der Waals surface area contributed by atoms with Crippen LogP contribution in [0.3, 0.4) is 0 Å². The molecular formula is C15H16N2O3. The highest BCUT2D eigenvalue weighted by molar-refractivity contribution is 6.05. The van der Waals surface area contributed by atoms with Crippen LogP contribution in [0.25, 0.3) is 10.9 Å². The van der Waals surface area contributed by atoms with Crippen molar-refractivity contribution in [1.82, 2.24) is 10.3 Å². The summed E-state index contributed by atoms with van der Waals surface area (Å²) in [7, 11) is 0. The number of hydrogen-bond donors (Lipinski definition) is 2. The minimum atomic E-state index is -0.272. The standard InChI is InChI=1S/C15H16N2O3/c18-14-8-12(11-5-1-2-6-13(11)17-14)15(19)16-9-10-4-3-7-20-10/h1-2,5-6,8,10H,3-4,7,9H2,(H,16,19)(H,17,18)/t10-/m1/s1. The van der Waals surface area contributed by atoms with Gasteiger partial charge in [0.2, 0.25) is 5.56 Å². The van der Waals surface area contributed by atoms with Crippen molar-refractivity contribution in [2.75, 3.05) is 13.2 Å². The molecule has 20 heavy (non-hydrogen) atoms. The first kappa shape index (κ1) is 12.9. The number of aromatic nitrogens is 1. The number of carbonyl (C=O) groups is 1. The highest BCUT2D eigenvalue weighted by atomic mass is 16.5. The molecule has 2 N–H and O–H groups in total. The Morgan fingerprint density at radius 1 is 1.40 bits per heavy atom. The van der Waals surface area contributed by atoms with Gasteiger partial charge in [-0.05, 0) is 18.9 Å². The van der Waals surface area contributed by atoms with E-state index in [-0.39, 0.29) is 17.6 Å². The zero-order valence-electron chi connectivity index (χ0n) is 11.0. The van der Waals surface area contributed by atoms with E-state index in [1.807, 2.05) is 18.2 Å². The molecule has 0 bridgehead atoms. The number of amides is 1. The number of para-hydroxylation sites is 1. The summed E-state index contributed by atoms with van der Waals surface area (Å²) in [5.74, 6) is -0.234. The molecule has 5 heteroatoms. The van der Waals surface area contributed by atoms with Gasteiger partial charge < -0.3 is 15.0 Å². The molecule has 0 saturated carbocycles. The van der Waals surface area contributed by atoms with E-state index in [1.165, 1.54) is 6.07 Å². The summed E-state index contributed by atoms with van der Waals surface area (Å²) in [5, 5.41) is 3.59. The summed E-state index contributed by atoms with van der Waals surface area (Å²) in [6.45, 7) is 1.24.